The summed E-state index contributed by atoms with van der Waals surface area (Å²) < 4.78 is 0. The van der Waals surface area contributed by atoms with Gasteiger partial charge in [-0.3, -0.25) is 4.79 Å². The second kappa shape index (κ2) is 5.39. The van der Waals surface area contributed by atoms with Crippen molar-refractivity contribution in [3.63, 3.8) is 0 Å². The van der Waals surface area contributed by atoms with Crippen LogP contribution in [0.1, 0.15) is 19.4 Å². The normalized spacial score (nSPS) is 12.1. The largest absolute Gasteiger partial charge is 0.508 e. The molecule has 3 heteroatoms. The lowest BCUT2D eigenvalue weighted by molar-refractivity contribution is -0.124. The van der Waals surface area contributed by atoms with Crippen LogP contribution in [-0.4, -0.2) is 17.6 Å². The van der Waals surface area contributed by atoms with Gasteiger partial charge < -0.3 is 10.4 Å². The molecular weight excluding hydrogens is 190 g/mol. The molecule has 2 N–H and O–H groups in total. The van der Waals surface area contributed by atoms with E-state index in [1.807, 2.05) is 26.0 Å². The fraction of sp³-hybridized carbons (Fsp3) is 0.417. The third-order valence-electron chi connectivity index (χ3n) is 2.28. The molecule has 82 valence electrons. The van der Waals surface area contributed by atoms with Crippen LogP contribution in [0.3, 0.4) is 0 Å². The SMILES string of the molecule is CCNC(=O)C(C)Cc1ccc(O)cc1. The molecule has 0 bridgehead atoms. The Hall–Kier alpha value is -1.51. The molecule has 0 aliphatic heterocycles. The van der Waals surface area contributed by atoms with E-state index in [2.05, 4.69) is 5.32 Å². The van der Waals surface area contributed by atoms with Crippen LogP contribution in [0.4, 0.5) is 0 Å². The summed E-state index contributed by atoms with van der Waals surface area (Å²) in [6.45, 7) is 4.47. The number of hydrogen-bond donors (Lipinski definition) is 2. The molecule has 1 rings (SSSR count). The summed E-state index contributed by atoms with van der Waals surface area (Å²) in [4.78, 5) is 11.5. The van der Waals surface area contributed by atoms with Gasteiger partial charge in [-0.25, -0.2) is 0 Å². The first-order valence-corrected chi connectivity index (χ1v) is 5.19. The van der Waals surface area contributed by atoms with Crippen molar-refractivity contribution in [1.82, 2.24) is 5.32 Å². The van der Waals surface area contributed by atoms with Gasteiger partial charge in [-0.1, -0.05) is 19.1 Å². The number of hydrogen-bond acceptors (Lipinski definition) is 2. The number of rotatable bonds is 4. The van der Waals surface area contributed by atoms with Gasteiger partial charge in [0.05, 0.1) is 0 Å². The number of carbonyl (C=O) groups is 1. The highest BCUT2D eigenvalue weighted by Crippen LogP contribution is 2.13. The van der Waals surface area contributed by atoms with Gasteiger partial charge in [0.1, 0.15) is 5.75 Å². The Balaban J connectivity index is 2.54. The van der Waals surface area contributed by atoms with Gasteiger partial charge in [0.15, 0.2) is 0 Å². The number of benzene rings is 1. The number of phenols is 1. The standard InChI is InChI=1S/C12H17NO2/c1-3-13-12(15)9(2)8-10-4-6-11(14)7-5-10/h4-7,9,14H,3,8H2,1-2H3,(H,13,15). The molecule has 0 fully saturated rings. The van der Waals surface area contributed by atoms with Crippen LogP contribution >= 0.6 is 0 Å². The molecule has 0 aliphatic carbocycles. The quantitative estimate of drug-likeness (QED) is 0.789. The fourth-order valence-corrected chi connectivity index (χ4v) is 1.43. The number of nitrogens with one attached hydrogen (secondary N) is 1. The summed E-state index contributed by atoms with van der Waals surface area (Å²) in [7, 11) is 0. The molecule has 0 heterocycles. The van der Waals surface area contributed by atoms with Crippen LogP contribution in [0.25, 0.3) is 0 Å². The summed E-state index contributed by atoms with van der Waals surface area (Å²) in [6, 6.07) is 6.95. The van der Waals surface area contributed by atoms with E-state index < -0.39 is 0 Å². The second-order valence-electron chi connectivity index (χ2n) is 3.67. The number of carbonyl (C=O) groups excluding carboxylic acids is 1. The molecular formula is C12H17NO2. The third kappa shape index (κ3) is 3.62. The molecule has 1 aromatic carbocycles. The molecule has 0 spiro atoms. The average molecular weight is 207 g/mol. The molecule has 15 heavy (non-hydrogen) atoms. The van der Waals surface area contributed by atoms with E-state index in [1.54, 1.807) is 12.1 Å². The van der Waals surface area contributed by atoms with Crippen molar-refractivity contribution in [3.05, 3.63) is 29.8 Å². The average Bonchev–Trinajstić information content (AvgIpc) is 2.22. The molecule has 0 aromatic heterocycles. The van der Waals surface area contributed by atoms with Crippen molar-refractivity contribution in [2.24, 2.45) is 5.92 Å². The van der Waals surface area contributed by atoms with E-state index in [0.717, 1.165) is 5.56 Å². The number of amides is 1. The molecule has 1 aromatic rings. The molecule has 1 atom stereocenters. The fourth-order valence-electron chi connectivity index (χ4n) is 1.43. The lowest BCUT2D eigenvalue weighted by Gasteiger charge is -2.10. The minimum atomic E-state index is -0.0329. The first-order chi connectivity index (χ1) is 7.13. The Morgan fingerprint density at radius 2 is 2.00 bits per heavy atom. The Labute approximate surface area is 90.1 Å². The molecule has 1 unspecified atom stereocenters. The van der Waals surface area contributed by atoms with Gasteiger partial charge in [0.2, 0.25) is 5.91 Å². The van der Waals surface area contributed by atoms with Crippen molar-refractivity contribution < 1.29 is 9.90 Å². The van der Waals surface area contributed by atoms with Gasteiger partial charge in [-0.15, -0.1) is 0 Å². The molecule has 1 amide bonds. The summed E-state index contributed by atoms with van der Waals surface area (Å²) in [5, 5.41) is 11.9. The van der Waals surface area contributed by atoms with Crippen molar-refractivity contribution in [3.8, 4) is 5.75 Å². The maximum absolute atomic E-state index is 11.5. The second-order valence-corrected chi connectivity index (χ2v) is 3.67. The van der Waals surface area contributed by atoms with E-state index in [4.69, 9.17) is 5.11 Å². The van der Waals surface area contributed by atoms with Crippen molar-refractivity contribution in [2.75, 3.05) is 6.54 Å². The minimum Gasteiger partial charge on any atom is -0.508 e. The predicted molar refractivity (Wildman–Crippen MR) is 59.7 cm³/mol. The third-order valence-corrected chi connectivity index (χ3v) is 2.28. The lowest BCUT2D eigenvalue weighted by Crippen LogP contribution is -2.29. The zero-order valence-corrected chi connectivity index (χ0v) is 9.16. The highest BCUT2D eigenvalue weighted by molar-refractivity contribution is 5.78. The van der Waals surface area contributed by atoms with E-state index in [-0.39, 0.29) is 17.6 Å². The van der Waals surface area contributed by atoms with Gasteiger partial charge in [0.25, 0.3) is 0 Å². The van der Waals surface area contributed by atoms with E-state index in [0.29, 0.717) is 13.0 Å². The molecule has 0 saturated heterocycles. The lowest BCUT2D eigenvalue weighted by atomic mass is 10.0. The monoisotopic (exact) mass is 207 g/mol. The predicted octanol–water partition coefficient (Wildman–Crippen LogP) is 1.71. The Bertz CT molecular complexity index is 319. The van der Waals surface area contributed by atoms with Crippen molar-refractivity contribution in [1.29, 1.82) is 0 Å². The summed E-state index contributed by atoms with van der Waals surface area (Å²) in [5.41, 5.74) is 1.06. The van der Waals surface area contributed by atoms with E-state index in [9.17, 15) is 4.79 Å². The van der Waals surface area contributed by atoms with Crippen LogP contribution in [-0.2, 0) is 11.2 Å². The smallest absolute Gasteiger partial charge is 0.223 e. The maximum atomic E-state index is 11.5. The summed E-state index contributed by atoms with van der Waals surface area (Å²) in [6.07, 6.45) is 0.701. The topological polar surface area (TPSA) is 49.3 Å². The molecule has 0 aliphatic rings. The van der Waals surface area contributed by atoms with Gasteiger partial charge >= 0.3 is 0 Å². The van der Waals surface area contributed by atoms with Gasteiger partial charge in [-0.05, 0) is 31.0 Å². The first-order valence-electron chi connectivity index (χ1n) is 5.19. The van der Waals surface area contributed by atoms with Crippen LogP contribution < -0.4 is 5.32 Å². The Morgan fingerprint density at radius 3 is 2.53 bits per heavy atom. The van der Waals surface area contributed by atoms with Crippen LogP contribution in [0.15, 0.2) is 24.3 Å². The van der Waals surface area contributed by atoms with Crippen LogP contribution in [0.5, 0.6) is 5.75 Å². The first kappa shape index (κ1) is 11.6. The number of aromatic hydroxyl groups is 1. The molecule has 0 saturated carbocycles. The Morgan fingerprint density at radius 1 is 1.40 bits per heavy atom. The number of phenolic OH excluding ortho intramolecular Hbond substituents is 1. The van der Waals surface area contributed by atoms with Gasteiger partial charge in [0, 0.05) is 12.5 Å². The van der Waals surface area contributed by atoms with E-state index in [1.165, 1.54) is 0 Å². The highest BCUT2D eigenvalue weighted by Gasteiger charge is 2.11. The van der Waals surface area contributed by atoms with Crippen LogP contribution in [0, 0.1) is 5.92 Å². The van der Waals surface area contributed by atoms with Gasteiger partial charge in [-0.2, -0.15) is 0 Å². The molecule has 0 radical (unpaired) electrons. The zero-order valence-electron chi connectivity index (χ0n) is 9.16. The van der Waals surface area contributed by atoms with Crippen molar-refractivity contribution in [2.45, 2.75) is 20.3 Å². The molecule has 3 nitrogen and oxygen atoms in total. The maximum Gasteiger partial charge on any atom is 0.223 e. The van der Waals surface area contributed by atoms with Crippen molar-refractivity contribution >= 4 is 5.91 Å². The van der Waals surface area contributed by atoms with Crippen LogP contribution in [0.2, 0.25) is 0 Å². The summed E-state index contributed by atoms with van der Waals surface area (Å²) in [5.74, 6) is 0.296. The zero-order chi connectivity index (χ0) is 11.3. The summed E-state index contributed by atoms with van der Waals surface area (Å²) >= 11 is 0. The minimum absolute atomic E-state index is 0.0329. The van der Waals surface area contributed by atoms with E-state index >= 15 is 0 Å². The highest BCUT2D eigenvalue weighted by atomic mass is 16.3. The Kier molecular flexibility index (Phi) is 4.16.